The number of aryl methyl sites for hydroxylation is 1. The summed E-state index contributed by atoms with van der Waals surface area (Å²) < 4.78 is 29.6. The van der Waals surface area contributed by atoms with Crippen LogP contribution in [0.4, 0.5) is 8.78 Å². The van der Waals surface area contributed by atoms with Crippen LogP contribution in [0.1, 0.15) is 0 Å². The number of hydrogen-bond acceptors (Lipinski definition) is 5. The van der Waals surface area contributed by atoms with Gasteiger partial charge in [0.1, 0.15) is 0 Å². The highest BCUT2D eigenvalue weighted by molar-refractivity contribution is 7.19. The molecule has 3 aromatic heterocycles. The minimum Gasteiger partial charge on any atom is -0.275 e. The van der Waals surface area contributed by atoms with E-state index in [1.165, 1.54) is 21.9 Å². The number of aromatic nitrogens is 6. The summed E-state index contributed by atoms with van der Waals surface area (Å²) in [5, 5.41) is 17.3. The average Bonchev–Trinajstić information content (AvgIpc) is 3.16. The highest BCUT2D eigenvalue weighted by atomic mass is 32.1. The first-order valence-electron chi connectivity index (χ1n) is 6.28. The lowest BCUT2D eigenvalue weighted by molar-refractivity contribution is 0.509. The van der Waals surface area contributed by atoms with Gasteiger partial charge in [-0.2, -0.15) is 14.7 Å². The normalized spacial score (nSPS) is 11.4. The van der Waals surface area contributed by atoms with Gasteiger partial charge in [0, 0.05) is 18.8 Å². The second-order valence-corrected chi connectivity index (χ2v) is 5.61. The van der Waals surface area contributed by atoms with Crippen LogP contribution >= 0.6 is 11.3 Å². The molecule has 4 aromatic rings. The van der Waals surface area contributed by atoms with Crippen molar-refractivity contribution in [3.8, 4) is 22.0 Å². The highest BCUT2D eigenvalue weighted by Gasteiger charge is 2.16. The Morgan fingerprint density at radius 2 is 1.95 bits per heavy atom. The lowest BCUT2D eigenvalue weighted by Crippen LogP contribution is -1.93. The molecule has 0 N–H and O–H groups in total. The molecule has 0 fully saturated rings. The zero-order chi connectivity index (χ0) is 15.3. The Morgan fingerprint density at radius 1 is 1.09 bits per heavy atom. The molecule has 3 heterocycles. The van der Waals surface area contributed by atoms with Crippen LogP contribution in [-0.4, -0.2) is 29.6 Å². The van der Waals surface area contributed by atoms with Gasteiger partial charge in [0.15, 0.2) is 22.5 Å². The van der Waals surface area contributed by atoms with E-state index in [0.717, 1.165) is 22.7 Å². The van der Waals surface area contributed by atoms with Gasteiger partial charge in [0.2, 0.25) is 4.96 Å². The first-order chi connectivity index (χ1) is 10.6. The monoisotopic (exact) mass is 318 g/mol. The molecule has 0 aliphatic rings. The first-order valence-corrected chi connectivity index (χ1v) is 7.10. The quantitative estimate of drug-likeness (QED) is 0.570. The first kappa shape index (κ1) is 13.0. The van der Waals surface area contributed by atoms with Crippen LogP contribution in [0.25, 0.3) is 26.9 Å². The molecule has 0 unspecified atom stereocenters. The fraction of sp³-hybridized carbons (Fsp3) is 0.0769. The van der Waals surface area contributed by atoms with E-state index in [0.29, 0.717) is 16.3 Å². The van der Waals surface area contributed by atoms with Crippen LogP contribution in [0, 0.1) is 11.6 Å². The molecule has 0 saturated carbocycles. The van der Waals surface area contributed by atoms with Gasteiger partial charge in [-0.25, -0.2) is 8.78 Å². The van der Waals surface area contributed by atoms with Crippen molar-refractivity contribution in [2.45, 2.75) is 0 Å². The summed E-state index contributed by atoms with van der Waals surface area (Å²) in [6, 6.07) is 3.58. The van der Waals surface area contributed by atoms with Crippen molar-refractivity contribution < 1.29 is 8.78 Å². The minimum atomic E-state index is -0.933. The third-order valence-corrected chi connectivity index (χ3v) is 4.07. The molecule has 9 heteroatoms. The van der Waals surface area contributed by atoms with Crippen LogP contribution in [0.2, 0.25) is 0 Å². The summed E-state index contributed by atoms with van der Waals surface area (Å²) in [6.07, 6.45) is 3.53. The van der Waals surface area contributed by atoms with Gasteiger partial charge in [-0.05, 0) is 18.2 Å². The van der Waals surface area contributed by atoms with E-state index in [4.69, 9.17) is 0 Å². The lowest BCUT2D eigenvalue weighted by Gasteiger charge is -1.98. The molecule has 0 aliphatic carbocycles. The van der Waals surface area contributed by atoms with Gasteiger partial charge < -0.3 is 0 Å². The third-order valence-electron chi connectivity index (χ3n) is 3.12. The van der Waals surface area contributed by atoms with E-state index in [2.05, 4.69) is 20.4 Å². The predicted molar refractivity (Wildman–Crippen MR) is 76.2 cm³/mol. The zero-order valence-electron chi connectivity index (χ0n) is 11.2. The van der Waals surface area contributed by atoms with Crippen molar-refractivity contribution in [1.82, 2.24) is 29.6 Å². The molecule has 0 amide bonds. The van der Waals surface area contributed by atoms with Gasteiger partial charge in [-0.3, -0.25) is 4.68 Å². The molecular weight excluding hydrogens is 310 g/mol. The minimum absolute atomic E-state index is 0.361. The third kappa shape index (κ3) is 1.98. The lowest BCUT2D eigenvalue weighted by atomic mass is 10.2. The number of benzene rings is 1. The van der Waals surface area contributed by atoms with E-state index < -0.39 is 11.6 Å². The van der Waals surface area contributed by atoms with Crippen LogP contribution in [0.15, 0.2) is 30.6 Å². The summed E-state index contributed by atoms with van der Waals surface area (Å²) in [5.74, 6) is -1.48. The number of hydrogen-bond donors (Lipinski definition) is 0. The Labute approximate surface area is 126 Å². The van der Waals surface area contributed by atoms with Crippen molar-refractivity contribution in [2.24, 2.45) is 7.05 Å². The number of rotatable bonds is 2. The number of halogens is 2. The van der Waals surface area contributed by atoms with Gasteiger partial charge in [0.05, 0.1) is 11.8 Å². The average molecular weight is 318 g/mol. The summed E-state index contributed by atoms with van der Waals surface area (Å²) in [6.45, 7) is 0. The van der Waals surface area contributed by atoms with E-state index in [1.54, 1.807) is 10.9 Å². The van der Waals surface area contributed by atoms with E-state index in [-0.39, 0.29) is 0 Å². The number of fused-ring (bicyclic) bond motifs is 1. The molecular formula is C13H8F2N6S. The maximum Gasteiger partial charge on any atom is 0.235 e. The Kier molecular flexibility index (Phi) is 2.76. The van der Waals surface area contributed by atoms with Gasteiger partial charge in [0.25, 0.3) is 0 Å². The summed E-state index contributed by atoms with van der Waals surface area (Å²) >= 11 is 1.34. The molecule has 0 spiro atoms. The molecule has 0 atom stereocenters. The van der Waals surface area contributed by atoms with Crippen LogP contribution in [0.5, 0.6) is 0 Å². The maximum atomic E-state index is 13.4. The Hall–Kier alpha value is -2.68. The van der Waals surface area contributed by atoms with Crippen molar-refractivity contribution >= 4 is 16.3 Å². The SMILES string of the molecule is Cn1cc(-c2nn3c(-c4ccc(F)c(F)c4)nnc3s2)cn1. The molecule has 22 heavy (non-hydrogen) atoms. The topological polar surface area (TPSA) is 60.9 Å². The maximum absolute atomic E-state index is 13.4. The van der Waals surface area contributed by atoms with Crippen molar-refractivity contribution in [1.29, 1.82) is 0 Å². The van der Waals surface area contributed by atoms with Crippen molar-refractivity contribution in [3.63, 3.8) is 0 Å². The standard InChI is InChI=1S/C13H8F2N6S/c1-20-6-8(5-16-20)12-19-21-11(17-18-13(21)22-12)7-2-3-9(14)10(15)4-7/h2-6H,1H3. The smallest absolute Gasteiger partial charge is 0.235 e. The molecule has 6 nitrogen and oxygen atoms in total. The molecule has 0 bridgehead atoms. The largest absolute Gasteiger partial charge is 0.275 e. The molecule has 0 aliphatic heterocycles. The van der Waals surface area contributed by atoms with E-state index >= 15 is 0 Å². The van der Waals surface area contributed by atoms with E-state index in [1.807, 2.05) is 13.2 Å². The Bertz CT molecular complexity index is 986. The summed E-state index contributed by atoms with van der Waals surface area (Å²) in [4.78, 5) is 0.568. The van der Waals surface area contributed by atoms with Crippen LogP contribution in [-0.2, 0) is 7.05 Å². The summed E-state index contributed by atoms with van der Waals surface area (Å²) in [7, 11) is 1.82. The molecule has 0 saturated heterocycles. The zero-order valence-corrected chi connectivity index (χ0v) is 12.1. The molecule has 4 rings (SSSR count). The van der Waals surface area contributed by atoms with Gasteiger partial charge in [-0.1, -0.05) is 11.3 Å². The number of nitrogens with zero attached hydrogens (tertiary/aromatic N) is 6. The second-order valence-electron chi connectivity index (χ2n) is 4.66. The fourth-order valence-electron chi connectivity index (χ4n) is 2.08. The molecule has 110 valence electrons. The summed E-state index contributed by atoms with van der Waals surface area (Å²) in [5.41, 5.74) is 1.27. The highest BCUT2D eigenvalue weighted by Crippen LogP contribution is 2.28. The Morgan fingerprint density at radius 3 is 2.68 bits per heavy atom. The van der Waals surface area contributed by atoms with Crippen LogP contribution in [0.3, 0.4) is 0 Å². The molecule has 1 aromatic carbocycles. The van der Waals surface area contributed by atoms with Crippen LogP contribution < -0.4 is 0 Å². The predicted octanol–water partition coefficient (Wildman–Crippen LogP) is 2.53. The van der Waals surface area contributed by atoms with Gasteiger partial charge in [-0.15, -0.1) is 10.2 Å². The van der Waals surface area contributed by atoms with E-state index in [9.17, 15) is 8.78 Å². The van der Waals surface area contributed by atoms with Gasteiger partial charge >= 0.3 is 0 Å². The second kappa shape index (κ2) is 4.67. The molecule has 0 radical (unpaired) electrons. The van der Waals surface area contributed by atoms with Crippen molar-refractivity contribution in [2.75, 3.05) is 0 Å². The van der Waals surface area contributed by atoms with Crippen molar-refractivity contribution in [3.05, 3.63) is 42.2 Å². The fourth-order valence-corrected chi connectivity index (χ4v) is 2.89. The Balaban J connectivity index is 1.85.